The molecule has 0 bridgehead atoms. The van der Waals surface area contributed by atoms with Gasteiger partial charge in [0.15, 0.2) is 0 Å². The van der Waals surface area contributed by atoms with Gasteiger partial charge in [0.25, 0.3) is 0 Å². The standard InChI is InChI=1S/C37H72O4.Na.H/c1-7-11-13-15-17-19-21-23-25-27-31-36(5,29-9-3)40-34(38)33-35(39)41-37(6,30-10-4)32-28-26-24-22-20-18-16-14-12-8-2;;/h7-33H2,1-6H3;;. The predicted octanol–water partition coefficient (Wildman–Crippen LogP) is 11.6. The third-order valence-corrected chi connectivity index (χ3v) is 8.69. The van der Waals surface area contributed by atoms with Gasteiger partial charge in [0, 0.05) is 0 Å². The Morgan fingerprint density at radius 2 is 0.667 bits per heavy atom. The molecule has 0 radical (unpaired) electrons. The third kappa shape index (κ3) is 26.4. The Kier molecular flexibility index (Phi) is 31.1. The van der Waals surface area contributed by atoms with Crippen LogP contribution in [0.1, 0.15) is 215 Å². The molecule has 246 valence electrons. The Morgan fingerprint density at radius 3 is 0.929 bits per heavy atom. The minimum atomic E-state index is -0.491. The number of unbranched alkanes of at least 4 members (excludes halogenated alkanes) is 18. The van der Waals surface area contributed by atoms with Crippen molar-refractivity contribution in [3.8, 4) is 0 Å². The molecule has 4 nitrogen and oxygen atoms in total. The maximum absolute atomic E-state index is 12.8. The van der Waals surface area contributed by atoms with Crippen LogP contribution in [0.5, 0.6) is 0 Å². The van der Waals surface area contributed by atoms with Crippen molar-refractivity contribution in [2.75, 3.05) is 0 Å². The van der Waals surface area contributed by atoms with E-state index in [0.29, 0.717) is 0 Å². The molecule has 0 aliphatic rings. The van der Waals surface area contributed by atoms with Crippen molar-refractivity contribution in [3.05, 3.63) is 0 Å². The summed E-state index contributed by atoms with van der Waals surface area (Å²) in [4.78, 5) is 25.6. The van der Waals surface area contributed by atoms with Crippen LogP contribution < -0.4 is 0 Å². The van der Waals surface area contributed by atoms with E-state index in [1.54, 1.807) is 0 Å². The van der Waals surface area contributed by atoms with Crippen LogP contribution in [-0.2, 0) is 19.1 Å². The van der Waals surface area contributed by atoms with Gasteiger partial charge in [-0.2, -0.15) is 0 Å². The number of carbonyl (C=O) groups excluding carboxylic acids is 2. The maximum atomic E-state index is 12.8. The molecule has 0 heterocycles. The second-order valence-electron chi connectivity index (χ2n) is 13.4. The van der Waals surface area contributed by atoms with E-state index in [0.717, 1.165) is 51.4 Å². The molecule has 0 spiro atoms. The summed E-state index contributed by atoms with van der Waals surface area (Å²) in [5.41, 5.74) is -0.982. The van der Waals surface area contributed by atoms with Crippen molar-refractivity contribution in [2.45, 2.75) is 226 Å². The topological polar surface area (TPSA) is 52.6 Å². The SMILES string of the molecule is CCCCCCCCCCCCC(C)(CCC)OC(=O)CC(=O)OC(C)(CCC)CCCCCCCCCCCC.[NaH]. The Labute approximate surface area is 285 Å². The summed E-state index contributed by atoms with van der Waals surface area (Å²) < 4.78 is 11.9. The summed E-state index contributed by atoms with van der Waals surface area (Å²) in [6, 6.07) is 0. The van der Waals surface area contributed by atoms with Gasteiger partial charge in [0.1, 0.15) is 17.6 Å². The van der Waals surface area contributed by atoms with Crippen molar-refractivity contribution in [2.24, 2.45) is 0 Å². The molecule has 0 saturated carbocycles. The monoisotopic (exact) mass is 605 g/mol. The Balaban J connectivity index is 0. The Hall–Kier alpha value is -0.0600. The molecule has 0 aliphatic carbocycles. The van der Waals surface area contributed by atoms with Crippen molar-refractivity contribution in [1.29, 1.82) is 0 Å². The van der Waals surface area contributed by atoms with Crippen molar-refractivity contribution in [3.63, 3.8) is 0 Å². The molecule has 42 heavy (non-hydrogen) atoms. The van der Waals surface area contributed by atoms with Crippen LogP contribution in [-0.4, -0.2) is 52.7 Å². The summed E-state index contributed by atoms with van der Waals surface area (Å²) in [5, 5.41) is 0. The first-order valence-electron chi connectivity index (χ1n) is 18.2. The summed E-state index contributed by atoms with van der Waals surface area (Å²) in [7, 11) is 0. The van der Waals surface area contributed by atoms with Gasteiger partial charge in [-0.25, -0.2) is 0 Å². The first-order valence-corrected chi connectivity index (χ1v) is 18.2. The number of hydrogen-bond donors (Lipinski definition) is 0. The van der Waals surface area contributed by atoms with Gasteiger partial charge in [-0.3, -0.25) is 9.59 Å². The molecule has 2 unspecified atom stereocenters. The molecule has 0 rings (SSSR count). The Bertz CT molecular complexity index is 573. The second-order valence-corrected chi connectivity index (χ2v) is 13.4. The molecule has 0 fully saturated rings. The number of esters is 2. The van der Waals surface area contributed by atoms with Crippen LogP contribution in [0.4, 0.5) is 0 Å². The molecule has 0 amide bonds. The zero-order chi connectivity index (χ0) is 30.7. The molecule has 5 heteroatoms. The van der Waals surface area contributed by atoms with Crippen molar-refractivity contribution < 1.29 is 19.1 Å². The fourth-order valence-electron chi connectivity index (χ4n) is 6.22. The molecular formula is C37H73NaO4. The second kappa shape index (κ2) is 29.6. The van der Waals surface area contributed by atoms with Gasteiger partial charge in [0.2, 0.25) is 0 Å². The quantitative estimate of drug-likeness (QED) is 0.0354. The first kappa shape index (κ1) is 44.1. The minimum absolute atomic E-state index is 0. The molecule has 2 atom stereocenters. The van der Waals surface area contributed by atoms with E-state index in [1.807, 2.05) is 13.8 Å². The fourth-order valence-corrected chi connectivity index (χ4v) is 6.22. The molecule has 0 N–H and O–H groups in total. The van der Waals surface area contributed by atoms with Gasteiger partial charge in [-0.05, 0) is 52.4 Å². The molecular weight excluding hydrogens is 531 g/mol. The first-order chi connectivity index (χ1) is 19.7. The molecule has 0 aromatic carbocycles. The number of rotatable bonds is 30. The number of carbonyl (C=O) groups is 2. The molecule has 0 aromatic rings. The molecule has 0 saturated heterocycles. The average Bonchev–Trinajstić information content (AvgIpc) is 2.90. The zero-order valence-corrected chi connectivity index (χ0v) is 28.7. The zero-order valence-electron chi connectivity index (χ0n) is 28.7. The van der Waals surface area contributed by atoms with E-state index < -0.39 is 23.1 Å². The average molecular weight is 605 g/mol. The summed E-state index contributed by atoms with van der Waals surface area (Å²) >= 11 is 0. The van der Waals surface area contributed by atoms with Gasteiger partial charge in [-0.15, -0.1) is 0 Å². The van der Waals surface area contributed by atoms with Crippen LogP contribution in [0.15, 0.2) is 0 Å². The fraction of sp³-hybridized carbons (Fsp3) is 0.946. The molecule has 0 aliphatic heterocycles. The van der Waals surface area contributed by atoms with E-state index >= 15 is 0 Å². The number of ether oxygens (including phenoxy) is 2. The van der Waals surface area contributed by atoms with Crippen molar-refractivity contribution >= 4 is 41.5 Å². The van der Waals surface area contributed by atoms with Gasteiger partial charge < -0.3 is 9.47 Å². The van der Waals surface area contributed by atoms with Crippen LogP contribution >= 0.6 is 0 Å². The van der Waals surface area contributed by atoms with E-state index in [9.17, 15) is 9.59 Å². The van der Waals surface area contributed by atoms with Gasteiger partial charge in [-0.1, -0.05) is 156 Å². The van der Waals surface area contributed by atoms with E-state index in [-0.39, 0.29) is 36.0 Å². The number of hydrogen-bond acceptors (Lipinski definition) is 4. The van der Waals surface area contributed by atoms with Crippen LogP contribution in [0.3, 0.4) is 0 Å². The van der Waals surface area contributed by atoms with Crippen molar-refractivity contribution in [1.82, 2.24) is 0 Å². The summed E-state index contributed by atoms with van der Waals surface area (Å²) in [6.07, 6.45) is 30.9. The van der Waals surface area contributed by atoms with Crippen LogP contribution in [0, 0.1) is 0 Å². The van der Waals surface area contributed by atoms with E-state index in [4.69, 9.17) is 9.47 Å². The third-order valence-electron chi connectivity index (χ3n) is 8.69. The normalized spacial score (nSPS) is 14.0. The summed E-state index contributed by atoms with van der Waals surface area (Å²) in [5.74, 6) is -0.869. The Morgan fingerprint density at radius 1 is 0.405 bits per heavy atom. The van der Waals surface area contributed by atoms with Gasteiger partial charge in [0.05, 0.1) is 0 Å². The van der Waals surface area contributed by atoms with E-state index in [1.165, 1.54) is 116 Å². The van der Waals surface area contributed by atoms with Crippen LogP contribution in [0.2, 0.25) is 0 Å². The summed E-state index contributed by atoms with van der Waals surface area (Å²) in [6.45, 7) is 12.9. The molecule has 0 aromatic heterocycles. The van der Waals surface area contributed by atoms with E-state index in [2.05, 4.69) is 27.7 Å². The van der Waals surface area contributed by atoms with Crippen LogP contribution in [0.25, 0.3) is 0 Å². The predicted molar refractivity (Wildman–Crippen MR) is 183 cm³/mol. The van der Waals surface area contributed by atoms with Gasteiger partial charge >= 0.3 is 41.5 Å².